The van der Waals surface area contributed by atoms with Crippen LogP contribution in [0.15, 0.2) is 18.2 Å². The standard InChI is InChI=1S/C20H31NO2/c1-4-8-19-16-18(5-2)20(15-17(19)3)23-12-7-6-9-21-10-13-22-14-11-21/h4,8,15-16H,5-7,9-14H2,1-3H3/b8-4-. The van der Waals surface area contributed by atoms with Gasteiger partial charge in [0, 0.05) is 13.1 Å². The predicted octanol–water partition coefficient (Wildman–Crippen LogP) is 4.08. The molecule has 0 N–H and O–H groups in total. The average molecular weight is 317 g/mol. The third-order valence-electron chi connectivity index (χ3n) is 4.41. The third kappa shape index (κ3) is 5.67. The fraction of sp³-hybridized carbons (Fsp3) is 0.600. The summed E-state index contributed by atoms with van der Waals surface area (Å²) >= 11 is 0. The van der Waals surface area contributed by atoms with Crippen LogP contribution in [0.4, 0.5) is 0 Å². The van der Waals surface area contributed by atoms with Crippen molar-refractivity contribution in [1.29, 1.82) is 0 Å². The van der Waals surface area contributed by atoms with Gasteiger partial charge in [-0.25, -0.2) is 0 Å². The first-order valence-electron chi connectivity index (χ1n) is 8.93. The Hall–Kier alpha value is -1.32. The maximum atomic E-state index is 6.06. The Morgan fingerprint density at radius 1 is 1.22 bits per heavy atom. The summed E-state index contributed by atoms with van der Waals surface area (Å²) in [5.41, 5.74) is 3.88. The summed E-state index contributed by atoms with van der Waals surface area (Å²) in [4.78, 5) is 2.48. The van der Waals surface area contributed by atoms with Crippen molar-refractivity contribution in [2.75, 3.05) is 39.5 Å². The molecule has 0 radical (unpaired) electrons. The summed E-state index contributed by atoms with van der Waals surface area (Å²) in [6.45, 7) is 12.3. The van der Waals surface area contributed by atoms with Crippen LogP contribution in [0.5, 0.6) is 5.75 Å². The largest absolute Gasteiger partial charge is 0.493 e. The number of rotatable bonds is 8. The molecule has 0 saturated carbocycles. The van der Waals surface area contributed by atoms with Crippen molar-refractivity contribution in [3.63, 3.8) is 0 Å². The molecule has 1 heterocycles. The van der Waals surface area contributed by atoms with Crippen LogP contribution in [0.2, 0.25) is 0 Å². The van der Waals surface area contributed by atoms with E-state index in [1.165, 1.54) is 23.1 Å². The quantitative estimate of drug-likeness (QED) is 0.674. The van der Waals surface area contributed by atoms with E-state index in [2.05, 4.69) is 50.0 Å². The number of unbranched alkanes of at least 4 members (excludes halogenated alkanes) is 1. The number of hydrogen-bond donors (Lipinski definition) is 0. The number of hydrogen-bond acceptors (Lipinski definition) is 3. The Balaban J connectivity index is 1.79. The molecule has 1 aliphatic heterocycles. The van der Waals surface area contributed by atoms with Gasteiger partial charge in [0.25, 0.3) is 0 Å². The monoisotopic (exact) mass is 317 g/mol. The lowest BCUT2D eigenvalue weighted by atomic mass is 10.0. The molecule has 1 saturated heterocycles. The van der Waals surface area contributed by atoms with Crippen molar-refractivity contribution in [1.82, 2.24) is 4.90 Å². The van der Waals surface area contributed by atoms with Crippen LogP contribution in [0.1, 0.15) is 43.4 Å². The van der Waals surface area contributed by atoms with Crippen molar-refractivity contribution in [3.05, 3.63) is 34.9 Å². The molecular formula is C20H31NO2. The average Bonchev–Trinajstić information content (AvgIpc) is 2.58. The molecule has 0 atom stereocenters. The molecule has 128 valence electrons. The lowest BCUT2D eigenvalue weighted by Crippen LogP contribution is -2.36. The number of allylic oxidation sites excluding steroid dienone is 1. The van der Waals surface area contributed by atoms with E-state index < -0.39 is 0 Å². The summed E-state index contributed by atoms with van der Waals surface area (Å²) in [5, 5.41) is 0. The normalized spacial score (nSPS) is 16.1. The van der Waals surface area contributed by atoms with Gasteiger partial charge in [-0.15, -0.1) is 0 Å². The fourth-order valence-electron chi connectivity index (χ4n) is 2.96. The van der Waals surface area contributed by atoms with Gasteiger partial charge >= 0.3 is 0 Å². The molecule has 1 fully saturated rings. The van der Waals surface area contributed by atoms with Crippen LogP contribution >= 0.6 is 0 Å². The highest BCUT2D eigenvalue weighted by Crippen LogP contribution is 2.25. The van der Waals surface area contributed by atoms with Crippen LogP contribution in [-0.4, -0.2) is 44.4 Å². The molecule has 1 aliphatic rings. The van der Waals surface area contributed by atoms with Crippen LogP contribution in [-0.2, 0) is 11.2 Å². The van der Waals surface area contributed by atoms with E-state index in [1.807, 2.05) is 0 Å². The Morgan fingerprint density at radius 3 is 2.70 bits per heavy atom. The van der Waals surface area contributed by atoms with Crippen LogP contribution in [0.25, 0.3) is 6.08 Å². The number of nitrogens with zero attached hydrogens (tertiary/aromatic N) is 1. The zero-order chi connectivity index (χ0) is 16.5. The minimum absolute atomic E-state index is 0.805. The molecule has 0 aromatic heterocycles. The number of morpholine rings is 1. The molecule has 1 aromatic rings. The zero-order valence-corrected chi connectivity index (χ0v) is 14.9. The Bertz CT molecular complexity index is 505. The first kappa shape index (κ1) is 18.0. The molecule has 0 amide bonds. The van der Waals surface area contributed by atoms with Crippen molar-refractivity contribution < 1.29 is 9.47 Å². The predicted molar refractivity (Wildman–Crippen MR) is 97.3 cm³/mol. The Kier molecular flexibility index (Phi) is 7.63. The van der Waals surface area contributed by atoms with E-state index in [4.69, 9.17) is 9.47 Å². The Morgan fingerprint density at radius 2 is 2.00 bits per heavy atom. The highest BCUT2D eigenvalue weighted by Gasteiger charge is 2.10. The molecule has 23 heavy (non-hydrogen) atoms. The van der Waals surface area contributed by atoms with Crippen molar-refractivity contribution in [3.8, 4) is 5.75 Å². The van der Waals surface area contributed by atoms with Gasteiger partial charge in [-0.05, 0) is 68.5 Å². The molecule has 2 rings (SSSR count). The van der Waals surface area contributed by atoms with Crippen LogP contribution in [0.3, 0.4) is 0 Å². The lowest BCUT2D eigenvalue weighted by Gasteiger charge is -2.26. The SMILES string of the molecule is C/C=C\c1cc(CC)c(OCCCCN2CCOCC2)cc1C. The second-order valence-corrected chi connectivity index (χ2v) is 6.18. The van der Waals surface area contributed by atoms with E-state index in [-0.39, 0.29) is 0 Å². The highest BCUT2D eigenvalue weighted by atomic mass is 16.5. The molecule has 3 heteroatoms. The highest BCUT2D eigenvalue weighted by molar-refractivity contribution is 5.57. The fourth-order valence-corrected chi connectivity index (χ4v) is 2.96. The number of benzene rings is 1. The molecule has 3 nitrogen and oxygen atoms in total. The van der Waals surface area contributed by atoms with Gasteiger partial charge in [0.1, 0.15) is 5.75 Å². The zero-order valence-electron chi connectivity index (χ0n) is 14.9. The lowest BCUT2D eigenvalue weighted by molar-refractivity contribution is 0.0368. The second-order valence-electron chi connectivity index (χ2n) is 6.18. The van der Waals surface area contributed by atoms with Gasteiger partial charge in [-0.1, -0.05) is 19.1 Å². The maximum absolute atomic E-state index is 6.06. The van der Waals surface area contributed by atoms with Gasteiger partial charge in [0.05, 0.1) is 19.8 Å². The van der Waals surface area contributed by atoms with E-state index in [9.17, 15) is 0 Å². The van der Waals surface area contributed by atoms with E-state index in [1.54, 1.807) is 0 Å². The third-order valence-corrected chi connectivity index (χ3v) is 4.41. The Labute approximate surface area is 141 Å². The molecule has 0 bridgehead atoms. The van der Waals surface area contributed by atoms with E-state index in [0.717, 1.165) is 58.0 Å². The van der Waals surface area contributed by atoms with Crippen LogP contribution < -0.4 is 4.74 Å². The summed E-state index contributed by atoms with van der Waals surface area (Å²) in [5.74, 6) is 1.06. The smallest absolute Gasteiger partial charge is 0.122 e. The minimum Gasteiger partial charge on any atom is -0.493 e. The maximum Gasteiger partial charge on any atom is 0.122 e. The number of ether oxygens (including phenoxy) is 2. The van der Waals surface area contributed by atoms with Crippen molar-refractivity contribution >= 4 is 6.08 Å². The van der Waals surface area contributed by atoms with Crippen molar-refractivity contribution in [2.24, 2.45) is 0 Å². The summed E-state index contributed by atoms with van der Waals surface area (Å²) in [6, 6.07) is 4.45. The topological polar surface area (TPSA) is 21.7 Å². The molecule has 0 unspecified atom stereocenters. The van der Waals surface area contributed by atoms with E-state index in [0.29, 0.717) is 0 Å². The number of aryl methyl sites for hydroxylation is 2. The molecule has 1 aromatic carbocycles. The summed E-state index contributed by atoms with van der Waals surface area (Å²) in [6.07, 6.45) is 7.57. The van der Waals surface area contributed by atoms with Crippen LogP contribution in [0, 0.1) is 6.92 Å². The van der Waals surface area contributed by atoms with Gasteiger partial charge in [-0.2, -0.15) is 0 Å². The molecule has 0 aliphatic carbocycles. The molecule has 0 spiro atoms. The first-order chi connectivity index (χ1) is 11.2. The first-order valence-corrected chi connectivity index (χ1v) is 8.93. The van der Waals surface area contributed by atoms with E-state index >= 15 is 0 Å². The molecular weight excluding hydrogens is 286 g/mol. The van der Waals surface area contributed by atoms with Gasteiger partial charge in [-0.3, -0.25) is 4.90 Å². The van der Waals surface area contributed by atoms with Gasteiger partial charge in [0.15, 0.2) is 0 Å². The van der Waals surface area contributed by atoms with Gasteiger partial charge in [0.2, 0.25) is 0 Å². The summed E-state index contributed by atoms with van der Waals surface area (Å²) < 4.78 is 11.4. The second kappa shape index (κ2) is 9.74. The minimum atomic E-state index is 0.805. The van der Waals surface area contributed by atoms with Crippen molar-refractivity contribution in [2.45, 2.75) is 40.0 Å². The summed E-state index contributed by atoms with van der Waals surface area (Å²) in [7, 11) is 0. The van der Waals surface area contributed by atoms with Gasteiger partial charge < -0.3 is 9.47 Å².